The fourth-order valence-corrected chi connectivity index (χ4v) is 5.45. The molecule has 0 bridgehead atoms. The van der Waals surface area contributed by atoms with Crippen molar-refractivity contribution >= 4 is 71.2 Å². The SMILES string of the molecule is CC[C@H](C)[C@H](NC(=O)[C@H](CCC(=O)O)NC(=O)[C@H](CCC(=O)O)NC(C)=O)C(=O)N[C@@H](CCC(=O)O)C(=O)N[C@@H](CCCN=C(N)N)C(=O)N[C@@H](CCCN=C(N)N)C(N)=O. The number of carbonyl (C=O) groups excluding carboxylic acids is 7. The second-order valence-corrected chi connectivity index (χ2v) is 14.0. The number of rotatable bonds is 31. The molecule has 0 aliphatic rings. The van der Waals surface area contributed by atoms with Gasteiger partial charge in [0.15, 0.2) is 11.9 Å². The van der Waals surface area contributed by atoms with Gasteiger partial charge in [-0.05, 0) is 50.9 Å². The molecular formula is C35H61N13O13. The van der Waals surface area contributed by atoms with E-state index in [2.05, 4.69) is 41.9 Å². The van der Waals surface area contributed by atoms with Crippen LogP contribution in [0.4, 0.5) is 0 Å². The van der Waals surface area contributed by atoms with E-state index in [0.29, 0.717) is 0 Å². The van der Waals surface area contributed by atoms with E-state index in [1.54, 1.807) is 13.8 Å². The summed E-state index contributed by atoms with van der Waals surface area (Å²) in [6.07, 6.45) is -2.78. The third-order valence-corrected chi connectivity index (χ3v) is 8.88. The second-order valence-electron chi connectivity index (χ2n) is 14.0. The number of guanidine groups is 2. The number of hydrogen-bond donors (Lipinski definition) is 14. The molecule has 0 spiro atoms. The molecule has 0 unspecified atom stereocenters. The monoisotopic (exact) mass is 871 g/mol. The highest BCUT2D eigenvalue weighted by atomic mass is 16.4. The lowest BCUT2D eigenvalue weighted by atomic mass is 9.96. The summed E-state index contributed by atoms with van der Waals surface area (Å²) < 4.78 is 0. The van der Waals surface area contributed by atoms with E-state index in [0.717, 1.165) is 6.92 Å². The first kappa shape index (κ1) is 54.2. The van der Waals surface area contributed by atoms with Crippen molar-refractivity contribution in [2.24, 2.45) is 44.6 Å². The van der Waals surface area contributed by atoms with Crippen LogP contribution in [-0.4, -0.2) is 136 Å². The van der Waals surface area contributed by atoms with Gasteiger partial charge < -0.3 is 75.9 Å². The maximum Gasteiger partial charge on any atom is 0.303 e. The minimum absolute atomic E-state index is 0.00793. The highest BCUT2D eigenvalue weighted by molar-refractivity contribution is 5.97. The van der Waals surface area contributed by atoms with Crippen LogP contribution in [0, 0.1) is 5.92 Å². The van der Waals surface area contributed by atoms with Gasteiger partial charge >= 0.3 is 17.9 Å². The Morgan fingerprint density at radius 2 is 0.820 bits per heavy atom. The number of carboxylic acid groups (broad SMARTS) is 3. The number of primary amides is 1. The van der Waals surface area contributed by atoms with Gasteiger partial charge in [0.05, 0.1) is 0 Å². The number of nitrogens with zero attached hydrogens (tertiary/aromatic N) is 2. The Kier molecular flexibility index (Phi) is 25.5. The van der Waals surface area contributed by atoms with Gasteiger partial charge in [-0.1, -0.05) is 20.3 Å². The Bertz CT molecular complexity index is 1620. The smallest absolute Gasteiger partial charge is 0.303 e. The number of nitrogens with two attached hydrogens (primary N) is 5. The van der Waals surface area contributed by atoms with Gasteiger partial charge in [-0.3, -0.25) is 57.9 Å². The molecule has 26 heteroatoms. The van der Waals surface area contributed by atoms with Crippen LogP contribution in [-0.2, 0) is 47.9 Å². The van der Waals surface area contributed by atoms with Crippen molar-refractivity contribution in [2.45, 2.75) is 128 Å². The Balaban J connectivity index is 6.56. The molecule has 61 heavy (non-hydrogen) atoms. The zero-order valence-corrected chi connectivity index (χ0v) is 34.4. The summed E-state index contributed by atoms with van der Waals surface area (Å²) >= 11 is 0. The Morgan fingerprint density at radius 1 is 0.492 bits per heavy atom. The normalized spacial score (nSPS) is 14.1. The lowest BCUT2D eigenvalue weighted by Crippen LogP contribution is -2.60. The summed E-state index contributed by atoms with van der Waals surface area (Å²) in [5.41, 5.74) is 26.9. The lowest BCUT2D eigenvalue weighted by molar-refractivity contribution is -0.140. The van der Waals surface area contributed by atoms with Crippen LogP contribution in [0.15, 0.2) is 9.98 Å². The van der Waals surface area contributed by atoms with Crippen LogP contribution in [0.3, 0.4) is 0 Å². The third-order valence-electron chi connectivity index (χ3n) is 8.88. The van der Waals surface area contributed by atoms with Crippen molar-refractivity contribution in [3.05, 3.63) is 0 Å². The first-order valence-corrected chi connectivity index (χ1v) is 19.3. The lowest BCUT2D eigenvalue weighted by Gasteiger charge is -2.29. The predicted molar refractivity (Wildman–Crippen MR) is 216 cm³/mol. The van der Waals surface area contributed by atoms with E-state index < -0.39 is 134 Å². The molecule has 19 N–H and O–H groups in total. The van der Waals surface area contributed by atoms with E-state index in [9.17, 15) is 58.2 Å². The minimum atomic E-state index is -1.64. The molecule has 26 nitrogen and oxygen atoms in total. The molecule has 0 saturated heterocycles. The first-order valence-electron chi connectivity index (χ1n) is 19.3. The number of aliphatic imine (C=N–C) groups is 2. The number of amides is 7. The number of carboxylic acids is 3. The van der Waals surface area contributed by atoms with Gasteiger partial charge in [0.25, 0.3) is 0 Å². The zero-order valence-electron chi connectivity index (χ0n) is 34.4. The number of aliphatic carboxylic acids is 3. The highest BCUT2D eigenvalue weighted by Crippen LogP contribution is 2.12. The largest absolute Gasteiger partial charge is 0.481 e. The molecule has 0 heterocycles. The van der Waals surface area contributed by atoms with Crippen LogP contribution >= 0.6 is 0 Å². The molecule has 0 aromatic heterocycles. The summed E-state index contributed by atoms with van der Waals surface area (Å²) in [7, 11) is 0. The Hall–Kier alpha value is -6.76. The number of hydrogen-bond acceptors (Lipinski definition) is 12. The van der Waals surface area contributed by atoms with Crippen molar-refractivity contribution in [1.82, 2.24) is 31.9 Å². The Labute approximate surface area is 351 Å². The fourth-order valence-electron chi connectivity index (χ4n) is 5.45. The average Bonchev–Trinajstić information content (AvgIpc) is 3.16. The molecule has 0 saturated carbocycles. The van der Waals surface area contributed by atoms with Crippen LogP contribution in [0.2, 0.25) is 0 Å². The highest BCUT2D eigenvalue weighted by Gasteiger charge is 2.35. The molecule has 7 atom stereocenters. The molecule has 0 aliphatic heterocycles. The molecule has 0 aliphatic carbocycles. The van der Waals surface area contributed by atoms with E-state index in [4.69, 9.17) is 33.8 Å². The third kappa shape index (κ3) is 24.0. The summed E-state index contributed by atoms with van der Waals surface area (Å²) in [6.45, 7) is 4.39. The van der Waals surface area contributed by atoms with Gasteiger partial charge in [-0.15, -0.1) is 0 Å². The maximum atomic E-state index is 13.9. The molecule has 344 valence electrons. The minimum Gasteiger partial charge on any atom is -0.481 e. The summed E-state index contributed by atoms with van der Waals surface area (Å²) in [5.74, 6) is -11.7. The zero-order chi connectivity index (χ0) is 46.8. The van der Waals surface area contributed by atoms with Crippen LogP contribution in [0.5, 0.6) is 0 Å². The quantitative estimate of drug-likeness (QED) is 0.0176. The van der Waals surface area contributed by atoms with Crippen LogP contribution < -0.4 is 60.6 Å². The average molecular weight is 872 g/mol. The van der Waals surface area contributed by atoms with Gasteiger partial charge in [0.1, 0.15) is 36.3 Å². The van der Waals surface area contributed by atoms with Crippen molar-refractivity contribution in [3.8, 4) is 0 Å². The molecular weight excluding hydrogens is 810 g/mol. The van der Waals surface area contributed by atoms with E-state index in [1.165, 1.54) is 0 Å². The maximum absolute atomic E-state index is 13.9. The van der Waals surface area contributed by atoms with Gasteiger partial charge in [-0.2, -0.15) is 0 Å². The van der Waals surface area contributed by atoms with E-state index in [-0.39, 0.29) is 63.5 Å². The number of carbonyl (C=O) groups is 10. The van der Waals surface area contributed by atoms with Crippen LogP contribution in [0.1, 0.15) is 91.4 Å². The molecule has 0 radical (unpaired) electrons. The Morgan fingerprint density at radius 3 is 1.16 bits per heavy atom. The fraction of sp³-hybridized carbons (Fsp3) is 0.657. The molecule has 0 aromatic carbocycles. The van der Waals surface area contributed by atoms with Crippen molar-refractivity contribution < 1.29 is 63.3 Å². The second kappa shape index (κ2) is 28.6. The summed E-state index contributed by atoms with van der Waals surface area (Å²) in [4.78, 5) is 134. The molecule has 0 rings (SSSR count). The molecule has 0 fully saturated rings. The van der Waals surface area contributed by atoms with Crippen molar-refractivity contribution in [2.75, 3.05) is 13.1 Å². The first-order chi connectivity index (χ1) is 28.5. The van der Waals surface area contributed by atoms with Crippen molar-refractivity contribution in [1.29, 1.82) is 0 Å². The van der Waals surface area contributed by atoms with Crippen molar-refractivity contribution in [3.63, 3.8) is 0 Å². The van der Waals surface area contributed by atoms with Gasteiger partial charge in [0, 0.05) is 39.3 Å². The standard InChI is InChI=1S/C35H61N13O13/c1-4-17(2)27(48-32(60)23(11-14-26(54)55)46-30(58)21(43-18(3)49)9-12-24(50)51)33(61)47-22(10-13-25(52)53)31(59)45-20(8-6-16-42-35(39)40)29(57)44-19(28(36)56)7-5-15-41-34(37)38/h17,19-23,27H,4-16H2,1-3H3,(H2,36,56)(H,43,49)(H,44,57)(H,45,59)(H,46,58)(H,47,61)(H,48,60)(H,50,51)(H,52,53)(H,54,55)(H4,37,38,41)(H4,39,40,42)/t17-,19-,20-,21-,22-,23-,27-/m0/s1. The molecule has 0 aromatic rings. The summed E-state index contributed by atoms with van der Waals surface area (Å²) in [6, 6.07) is -8.80. The van der Waals surface area contributed by atoms with Gasteiger partial charge in [-0.25, -0.2) is 0 Å². The van der Waals surface area contributed by atoms with Gasteiger partial charge in [0.2, 0.25) is 41.4 Å². The predicted octanol–water partition coefficient (Wildman–Crippen LogP) is -4.85. The van der Waals surface area contributed by atoms with Crippen LogP contribution in [0.25, 0.3) is 0 Å². The molecule has 7 amide bonds. The number of nitrogens with one attached hydrogen (secondary N) is 6. The van der Waals surface area contributed by atoms with E-state index >= 15 is 0 Å². The topological polar surface area (TPSA) is 458 Å². The van der Waals surface area contributed by atoms with E-state index in [1.807, 2.05) is 0 Å². The summed E-state index contributed by atoms with van der Waals surface area (Å²) in [5, 5.41) is 42.2.